The van der Waals surface area contributed by atoms with E-state index in [4.69, 9.17) is 4.74 Å². The maximum atomic E-state index is 13.0. The molecule has 0 bridgehead atoms. The fourth-order valence-electron chi connectivity index (χ4n) is 3.50. The van der Waals surface area contributed by atoms with E-state index in [1.165, 1.54) is 16.2 Å². The number of nitrogens with one attached hydrogen (secondary N) is 1. The van der Waals surface area contributed by atoms with Crippen LogP contribution in [0.1, 0.15) is 20.1 Å². The lowest BCUT2D eigenvalue weighted by Gasteiger charge is -2.36. The van der Waals surface area contributed by atoms with Crippen molar-refractivity contribution in [3.63, 3.8) is 0 Å². The Morgan fingerprint density at radius 1 is 1.31 bits per heavy atom. The summed E-state index contributed by atoms with van der Waals surface area (Å²) in [5.41, 5.74) is 2.07. The number of ether oxygens (including phenoxy) is 1. The van der Waals surface area contributed by atoms with Crippen molar-refractivity contribution in [2.24, 2.45) is 0 Å². The molecule has 0 saturated carbocycles. The summed E-state index contributed by atoms with van der Waals surface area (Å²) in [6.07, 6.45) is 0.274. The van der Waals surface area contributed by atoms with E-state index in [1.54, 1.807) is 7.05 Å². The third-order valence-corrected chi connectivity index (χ3v) is 6.13. The number of hydrogen-bond donors (Lipinski definition) is 1. The van der Waals surface area contributed by atoms with Gasteiger partial charge in [-0.1, -0.05) is 12.1 Å². The van der Waals surface area contributed by atoms with Crippen molar-refractivity contribution < 1.29 is 14.3 Å². The van der Waals surface area contributed by atoms with Gasteiger partial charge in [0.05, 0.1) is 17.1 Å². The van der Waals surface area contributed by atoms with E-state index < -0.39 is 6.10 Å². The van der Waals surface area contributed by atoms with E-state index in [0.717, 1.165) is 23.4 Å². The summed E-state index contributed by atoms with van der Waals surface area (Å²) in [5.74, 6) is 0.676. The average Bonchev–Trinajstić information content (AvgIpc) is 3.10. The smallest absolute Gasteiger partial charge is 0.265 e. The van der Waals surface area contributed by atoms with Crippen molar-refractivity contribution in [2.45, 2.75) is 19.1 Å². The molecular weight excluding hydrogens is 350 g/mol. The average molecular weight is 371 g/mol. The summed E-state index contributed by atoms with van der Waals surface area (Å²) in [6.45, 7) is 1.73. The Morgan fingerprint density at radius 2 is 2.12 bits per heavy atom. The van der Waals surface area contributed by atoms with Crippen molar-refractivity contribution in [2.75, 3.05) is 32.1 Å². The van der Waals surface area contributed by atoms with E-state index in [2.05, 4.69) is 10.2 Å². The minimum absolute atomic E-state index is 0.00435. The van der Waals surface area contributed by atoms with Crippen molar-refractivity contribution in [3.8, 4) is 5.75 Å². The van der Waals surface area contributed by atoms with E-state index in [9.17, 15) is 9.59 Å². The van der Waals surface area contributed by atoms with Gasteiger partial charge in [-0.2, -0.15) is 0 Å². The Bertz CT molecular complexity index is 863. The Morgan fingerprint density at radius 3 is 2.92 bits per heavy atom. The van der Waals surface area contributed by atoms with Crippen molar-refractivity contribution >= 4 is 28.8 Å². The fourth-order valence-corrected chi connectivity index (χ4v) is 4.61. The molecule has 136 valence electrons. The maximum Gasteiger partial charge on any atom is 0.265 e. The minimum Gasteiger partial charge on any atom is -0.477 e. The molecule has 4 rings (SSSR count). The first-order chi connectivity index (χ1) is 12.6. The van der Waals surface area contributed by atoms with Gasteiger partial charge >= 0.3 is 0 Å². The molecule has 2 aromatic rings. The number of amides is 2. The Balaban J connectivity index is 1.50. The number of fused-ring (bicyclic) bond motifs is 2. The van der Waals surface area contributed by atoms with Gasteiger partial charge in [0.25, 0.3) is 11.8 Å². The predicted octanol–water partition coefficient (Wildman–Crippen LogP) is 1.89. The van der Waals surface area contributed by atoms with Gasteiger partial charge in [-0.05, 0) is 30.2 Å². The third-order valence-electron chi connectivity index (χ3n) is 4.89. The highest BCUT2D eigenvalue weighted by Gasteiger charge is 2.34. The Labute approximate surface area is 156 Å². The number of nitrogens with zero attached hydrogens (tertiary/aromatic N) is 2. The van der Waals surface area contributed by atoms with Crippen LogP contribution >= 0.6 is 11.3 Å². The molecule has 3 heterocycles. The Hall–Kier alpha value is -2.54. The minimum atomic E-state index is -0.506. The number of thiophene rings is 1. The molecule has 2 aliphatic heterocycles. The second-order valence-corrected chi connectivity index (χ2v) is 7.74. The highest BCUT2D eigenvalue weighted by molar-refractivity contribution is 7.14. The number of hydrogen-bond acceptors (Lipinski definition) is 5. The zero-order valence-corrected chi connectivity index (χ0v) is 15.6. The highest BCUT2D eigenvalue weighted by atomic mass is 32.1. The lowest BCUT2D eigenvalue weighted by atomic mass is 10.1. The van der Waals surface area contributed by atoms with E-state index in [1.807, 2.05) is 42.3 Å². The number of rotatable bonds is 2. The first-order valence-corrected chi connectivity index (χ1v) is 9.47. The number of likely N-dealkylation sites (N-methyl/N-ethyl adjacent to an activating group) is 1. The van der Waals surface area contributed by atoms with Gasteiger partial charge in [-0.15, -0.1) is 11.3 Å². The topological polar surface area (TPSA) is 61.9 Å². The molecule has 1 aromatic heterocycles. The summed E-state index contributed by atoms with van der Waals surface area (Å²) < 4.78 is 5.97. The quantitative estimate of drug-likeness (QED) is 0.876. The fraction of sp³-hybridized carbons (Fsp3) is 0.368. The zero-order valence-electron chi connectivity index (χ0n) is 14.8. The number of benzene rings is 1. The second kappa shape index (κ2) is 6.64. The van der Waals surface area contributed by atoms with Gasteiger partial charge in [-0.3, -0.25) is 9.59 Å². The normalized spacial score (nSPS) is 18.6. The van der Waals surface area contributed by atoms with Crippen molar-refractivity contribution in [3.05, 3.63) is 45.6 Å². The van der Waals surface area contributed by atoms with Crippen LogP contribution in [0.15, 0.2) is 30.3 Å². The maximum absolute atomic E-state index is 13.0. The number of carbonyl (C=O) groups is 2. The van der Waals surface area contributed by atoms with E-state index in [-0.39, 0.29) is 11.8 Å². The predicted molar refractivity (Wildman–Crippen MR) is 101 cm³/mol. The molecular formula is C19H21N3O3S. The standard InChI is InChI=1S/C19H21N3O3S/c1-20-18(23)17-9-12-10-22(8-7-16(12)26-17)19(24)15-11-21(2)13-5-3-4-6-14(13)25-15/h3-6,9,15H,7-8,10-11H2,1-2H3,(H,20,23). The van der Waals surface area contributed by atoms with Gasteiger partial charge in [0.1, 0.15) is 5.75 Å². The van der Waals surface area contributed by atoms with Crippen LogP contribution in [0.5, 0.6) is 5.75 Å². The molecule has 6 nitrogen and oxygen atoms in total. The Kier molecular flexibility index (Phi) is 4.32. The van der Waals surface area contributed by atoms with Crippen LogP contribution in [0.4, 0.5) is 5.69 Å². The van der Waals surface area contributed by atoms with Gasteiger partial charge in [-0.25, -0.2) is 0 Å². The molecule has 0 radical (unpaired) electrons. The molecule has 0 fully saturated rings. The summed E-state index contributed by atoms with van der Waals surface area (Å²) in [4.78, 5) is 30.7. The summed E-state index contributed by atoms with van der Waals surface area (Å²) in [5, 5.41) is 2.66. The van der Waals surface area contributed by atoms with Crippen LogP contribution in [0.3, 0.4) is 0 Å². The van der Waals surface area contributed by atoms with Crippen LogP contribution in [0.2, 0.25) is 0 Å². The monoisotopic (exact) mass is 371 g/mol. The molecule has 0 spiro atoms. The lowest BCUT2D eigenvalue weighted by Crippen LogP contribution is -2.50. The summed E-state index contributed by atoms with van der Waals surface area (Å²) in [6, 6.07) is 9.68. The van der Waals surface area contributed by atoms with Gasteiger partial charge in [0, 0.05) is 32.1 Å². The molecule has 0 saturated heterocycles. The number of carbonyl (C=O) groups excluding carboxylic acids is 2. The van der Waals surface area contributed by atoms with E-state index in [0.29, 0.717) is 24.5 Å². The van der Waals surface area contributed by atoms with Crippen LogP contribution in [0, 0.1) is 0 Å². The van der Waals surface area contributed by atoms with Crippen molar-refractivity contribution in [1.29, 1.82) is 0 Å². The van der Waals surface area contributed by atoms with Crippen LogP contribution in [0.25, 0.3) is 0 Å². The van der Waals surface area contributed by atoms with Crippen LogP contribution < -0.4 is 15.0 Å². The zero-order chi connectivity index (χ0) is 18.3. The largest absolute Gasteiger partial charge is 0.477 e. The number of anilines is 1. The highest BCUT2D eigenvalue weighted by Crippen LogP contribution is 2.33. The van der Waals surface area contributed by atoms with Gasteiger partial charge < -0.3 is 19.9 Å². The third kappa shape index (κ3) is 2.92. The first-order valence-electron chi connectivity index (χ1n) is 8.66. The summed E-state index contributed by atoms with van der Waals surface area (Å²) in [7, 11) is 3.61. The van der Waals surface area contributed by atoms with Crippen molar-refractivity contribution in [1.82, 2.24) is 10.2 Å². The van der Waals surface area contributed by atoms with Crippen LogP contribution in [-0.2, 0) is 17.8 Å². The van der Waals surface area contributed by atoms with Gasteiger partial charge in [0.15, 0.2) is 6.10 Å². The number of para-hydroxylation sites is 2. The summed E-state index contributed by atoms with van der Waals surface area (Å²) >= 11 is 1.52. The molecule has 1 aromatic carbocycles. The molecule has 26 heavy (non-hydrogen) atoms. The lowest BCUT2D eigenvalue weighted by molar-refractivity contribution is -0.139. The first kappa shape index (κ1) is 16.9. The van der Waals surface area contributed by atoms with Crippen LogP contribution in [-0.4, -0.2) is 50.0 Å². The molecule has 0 aliphatic carbocycles. The molecule has 1 atom stereocenters. The molecule has 2 amide bonds. The molecule has 2 aliphatic rings. The van der Waals surface area contributed by atoms with Gasteiger partial charge in [0.2, 0.25) is 0 Å². The molecule has 1 N–H and O–H groups in total. The second-order valence-electron chi connectivity index (χ2n) is 6.60. The SMILES string of the molecule is CNC(=O)c1cc2c(s1)CCN(C(=O)C1CN(C)c3ccccc3O1)C2. The molecule has 1 unspecified atom stereocenters. The van der Waals surface area contributed by atoms with E-state index >= 15 is 0 Å². The molecule has 7 heteroatoms.